The van der Waals surface area contributed by atoms with Crippen molar-refractivity contribution >= 4 is 58.1 Å². The van der Waals surface area contributed by atoms with Crippen LogP contribution in [-0.4, -0.2) is 23.3 Å². The van der Waals surface area contributed by atoms with Crippen molar-refractivity contribution in [2.24, 2.45) is 0 Å². The van der Waals surface area contributed by atoms with E-state index in [9.17, 15) is 9.59 Å². The topological polar surface area (TPSA) is 56.3 Å². The molecule has 0 saturated heterocycles. The Labute approximate surface area is 174 Å². The van der Waals surface area contributed by atoms with Gasteiger partial charge in [0.15, 0.2) is 6.61 Å². The summed E-state index contributed by atoms with van der Waals surface area (Å²) < 4.78 is 5.20. The fourth-order valence-corrected chi connectivity index (χ4v) is 4.34. The number of hydrogen-bond donors (Lipinski definition) is 0. The number of thioether (sulfide) groups is 1. The van der Waals surface area contributed by atoms with Crippen LogP contribution >= 0.6 is 46.3 Å². The van der Waals surface area contributed by atoms with Crippen LogP contribution < -0.4 is 0 Å². The third-order valence-corrected chi connectivity index (χ3v) is 5.82. The molecule has 0 saturated carbocycles. The van der Waals surface area contributed by atoms with Crippen molar-refractivity contribution in [3.8, 4) is 0 Å². The molecule has 0 aliphatic carbocycles. The molecule has 4 nitrogen and oxygen atoms in total. The third kappa shape index (κ3) is 5.32. The Hall–Kier alpha value is -1.86. The van der Waals surface area contributed by atoms with Gasteiger partial charge in [0.2, 0.25) is 5.78 Å². The Bertz CT molecular complexity index is 961. The zero-order valence-corrected chi connectivity index (χ0v) is 17.0. The highest BCUT2D eigenvalue weighted by atomic mass is 35.5. The van der Waals surface area contributed by atoms with Crippen LogP contribution in [0.1, 0.15) is 26.4 Å². The Balaban J connectivity index is 1.64. The Kier molecular flexibility index (Phi) is 6.90. The first kappa shape index (κ1) is 19.9. The molecule has 0 bridgehead atoms. The number of carbonyl (C=O) groups excluding carboxylic acids is 2. The summed E-state index contributed by atoms with van der Waals surface area (Å²) in [6.45, 7) is -0.398. The van der Waals surface area contributed by atoms with E-state index in [1.807, 2.05) is 17.5 Å². The smallest absolute Gasteiger partial charge is 0.339 e. The summed E-state index contributed by atoms with van der Waals surface area (Å²) in [5.74, 6) is -0.306. The number of aromatic nitrogens is 1. The van der Waals surface area contributed by atoms with Gasteiger partial charge < -0.3 is 4.74 Å². The van der Waals surface area contributed by atoms with E-state index in [1.54, 1.807) is 23.7 Å². The van der Waals surface area contributed by atoms with Gasteiger partial charge in [-0.1, -0.05) is 35.3 Å². The monoisotopic (exact) mass is 437 g/mol. The summed E-state index contributed by atoms with van der Waals surface area (Å²) in [6.07, 6.45) is 0. The van der Waals surface area contributed by atoms with Gasteiger partial charge in [0, 0.05) is 26.6 Å². The van der Waals surface area contributed by atoms with Crippen LogP contribution in [0.25, 0.3) is 0 Å². The SMILES string of the molecule is O=C(COC(=O)c1ccccc1SCc1cscn1)c1ccc(Cl)cc1Cl. The van der Waals surface area contributed by atoms with Gasteiger partial charge in [0.1, 0.15) is 0 Å². The first-order chi connectivity index (χ1) is 13.0. The standard InChI is InChI=1S/C19H13Cl2NO3S2/c20-12-5-6-14(16(21)7-12)17(23)8-25-19(24)15-3-1-2-4-18(15)27-10-13-9-26-11-22-13/h1-7,9,11H,8,10H2. The first-order valence-corrected chi connectivity index (χ1v) is 10.5. The lowest BCUT2D eigenvalue weighted by molar-refractivity contribution is 0.0471. The number of ketones is 1. The normalized spacial score (nSPS) is 10.6. The predicted molar refractivity (Wildman–Crippen MR) is 109 cm³/mol. The second-order valence-electron chi connectivity index (χ2n) is 5.39. The highest BCUT2D eigenvalue weighted by Crippen LogP contribution is 2.27. The van der Waals surface area contributed by atoms with Crippen LogP contribution in [0.2, 0.25) is 10.0 Å². The van der Waals surface area contributed by atoms with E-state index in [1.165, 1.54) is 35.2 Å². The highest BCUT2D eigenvalue weighted by Gasteiger charge is 2.17. The lowest BCUT2D eigenvalue weighted by Gasteiger charge is -2.09. The number of halogens is 2. The van der Waals surface area contributed by atoms with Crippen molar-refractivity contribution in [3.63, 3.8) is 0 Å². The fraction of sp³-hybridized carbons (Fsp3) is 0.105. The van der Waals surface area contributed by atoms with Crippen molar-refractivity contribution in [2.75, 3.05) is 6.61 Å². The maximum atomic E-state index is 12.4. The minimum Gasteiger partial charge on any atom is -0.454 e. The zero-order chi connectivity index (χ0) is 19.2. The fourth-order valence-electron chi connectivity index (χ4n) is 2.22. The van der Waals surface area contributed by atoms with Gasteiger partial charge in [0.05, 0.1) is 21.8 Å². The van der Waals surface area contributed by atoms with Crippen molar-refractivity contribution in [2.45, 2.75) is 10.6 Å². The van der Waals surface area contributed by atoms with Gasteiger partial charge in [-0.15, -0.1) is 23.1 Å². The molecule has 0 spiro atoms. The maximum absolute atomic E-state index is 12.4. The number of thiazole rings is 1. The molecule has 0 atom stereocenters. The summed E-state index contributed by atoms with van der Waals surface area (Å²) in [5, 5.41) is 2.62. The Morgan fingerprint density at radius 2 is 1.93 bits per heavy atom. The molecule has 0 fully saturated rings. The van der Waals surface area contributed by atoms with Gasteiger partial charge in [-0.05, 0) is 30.3 Å². The second kappa shape index (κ2) is 9.37. The summed E-state index contributed by atoms with van der Waals surface area (Å²) in [7, 11) is 0. The molecule has 0 aliphatic heterocycles. The third-order valence-electron chi connectivity index (χ3n) is 3.53. The molecule has 1 aromatic heterocycles. The number of rotatable bonds is 7. The quantitative estimate of drug-likeness (QED) is 0.266. The van der Waals surface area contributed by atoms with E-state index in [-0.39, 0.29) is 10.6 Å². The molecule has 27 heavy (non-hydrogen) atoms. The molecule has 0 aliphatic rings. The van der Waals surface area contributed by atoms with Crippen molar-refractivity contribution in [1.29, 1.82) is 0 Å². The number of benzene rings is 2. The number of nitrogens with zero attached hydrogens (tertiary/aromatic N) is 1. The molecule has 3 rings (SSSR count). The zero-order valence-electron chi connectivity index (χ0n) is 13.9. The minimum atomic E-state index is -0.560. The van der Waals surface area contributed by atoms with Crippen LogP contribution in [0, 0.1) is 0 Å². The molecule has 2 aromatic carbocycles. The summed E-state index contributed by atoms with van der Waals surface area (Å²) in [5.41, 5.74) is 3.39. The first-order valence-electron chi connectivity index (χ1n) is 7.79. The Morgan fingerprint density at radius 3 is 2.67 bits per heavy atom. The lowest BCUT2D eigenvalue weighted by atomic mass is 10.1. The lowest BCUT2D eigenvalue weighted by Crippen LogP contribution is -2.15. The largest absolute Gasteiger partial charge is 0.454 e. The van der Waals surface area contributed by atoms with Crippen LogP contribution in [0.15, 0.2) is 58.3 Å². The molecule has 3 aromatic rings. The minimum absolute atomic E-state index is 0.225. The molecule has 0 N–H and O–H groups in total. The van der Waals surface area contributed by atoms with Crippen molar-refractivity contribution < 1.29 is 14.3 Å². The van der Waals surface area contributed by atoms with Crippen molar-refractivity contribution in [1.82, 2.24) is 4.98 Å². The average Bonchev–Trinajstić information content (AvgIpc) is 3.18. The summed E-state index contributed by atoms with van der Waals surface area (Å²) in [6, 6.07) is 11.7. The molecule has 0 radical (unpaired) electrons. The van der Waals surface area contributed by atoms with E-state index in [4.69, 9.17) is 27.9 Å². The number of carbonyl (C=O) groups is 2. The molecular weight excluding hydrogens is 425 g/mol. The molecule has 0 unspecified atom stereocenters. The molecule has 138 valence electrons. The average molecular weight is 438 g/mol. The van der Waals surface area contributed by atoms with E-state index >= 15 is 0 Å². The van der Waals surface area contributed by atoms with Crippen LogP contribution in [0.3, 0.4) is 0 Å². The van der Waals surface area contributed by atoms with Crippen LogP contribution in [0.5, 0.6) is 0 Å². The predicted octanol–water partition coefficient (Wildman–Crippen LogP) is 5.78. The molecular formula is C19H13Cl2NO3S2. The van der Waals surface area contributed by atoms with E-state index in [0.29, 0.717) is 16.3 Å². The van der Waals surface area contributed by atoms with Gasteiger partial charge in [-0.3, -0.25) is 4.79 Å². The number of esters is 1. The van der Waals surface area contributed by atoms with Crippen LogP contribution in [-0.2, 0) is 10.5 Å². The van der Waals surface area contributed by atoms with E-state index < -0.39 is 18.4 Å². The second-order valence-corrected chi connectivity index (χ2v) is 7.97. The van der Waals surface area contributed by atoms with Crippen LogP contribution in [0.4, 0.5) is 0 Å². The van der Waals surface area contributed by atoms with Gasteiger partial charge in [-0.2, -0.15) is 0 Å². The van der Waals surface area contributed by atoms with Gasteiger partial charge >= 0.3 is 5.97 Å². The van der Waals surface area contributed by atoms with Gasteiger partial charge in [-0.25, -0.2) is 9.78 Å². The van der Waals surface area contributed by atoms with E-state index in [2.05, 4.69) is 4.98 Å². The number of Topliss-reactive ketones (excluding diaryl/α,β-unsaturated/α-hetero) is 1. The molecule has 1 heterocycles. The van der Waals surface area contributed by atoms with E-state index in [0.717, 1.165) is 10.6 Å². The Morgan fingerprint density at radius 1 is 1.11 bits per heavy atom. The highest BCUT2D eigenvalue weighted by molar-refractivity contribution is 7.98. The summed E-state index contributed by atoms with van der Waals surface area (Å²) >= 11 is 14.9. The molecule has 8 heteroatoms. The maximum Gasteiger partial charge on any atom is 0.339 e. The van der Waals surface area contributed by atoms with Crippen molar-refractivity contribution in [3.05, 3.63) is 80.2 Å². The summed E-state index contributed by atoms with van der Waals surface area (Å²) in [4.78, 5) is 29.7. The number of ether oxygens (including phenoxy) is 1. The molecule has 0 amide bonds. The van der Waals surface area contributed by atoms with Gasteiger partial charge in [0.25, 0.3) is 0 Å². The number of hydrogen-bond acceptors (Lipinski definition) is 6.